The van der Waals surface area contributed by atoms with Crippen molar-refractivity contribution in [2.24, 2.45) is 5.92 Å². The van der Waals surface area contributed by atoms with E-state index in [1.807, 2.05) is 0 Å². The Labute approximate surface area is 170 Å². The smallest absolute Gasteiger partial charge is 0.258 e. The van der Waals surface area contributed by atoms with Crippen LogP contribution in [0.1, 0.15) is 43.0 Å². The van der Waals surface area contributed by atoms with Crippen LogP contribution in [-0.2, 0) is 10.0 Å². The van der Waals surface area contributed by atoms with Gasteiger partial charge in [0.15, 0.2) is 0 Å². The Balaban J connectivity index is 1.81. The van der Waals surface area contributed by atoms with Crippen LogP contribution in [0, 0.1) is 11.7 Å². The second kappa shape index (κ2) is 8.92. The molecule has 0 aromatic heterocycles. The van der Waals surface area contributed by atoms with E-state index in [1.165, 1.54) is 13.2 Å². The van der Waals surface area contributed by atoms with Crippen LogP contribution in [0.4, 0.5) is 10.1 Å². The lowest BCUT2D eigenvalue weighted by molar-refractivity contribution is 0.102. The number of para-hydroxylation sites is 2. The number of halogens is 1. The highest BCUT2D eigenvalue weighted by atomic mass is 32.2. The zero-order chi connectivity index (χ0) is 21.0. The Morgan fingerprint density at radius 2 is 1.79 bits per heavy atom. The van der Waals surface area contributed by atoms with Gasteiger partial charge in [-0.1, -0.05) is 19.1 Å². The van der Waals surface area contributed by atoms with Crippen molar-refractivity contribution in [2.75, 3.05) is 12.4 Å². The molecule has 1 saturated carbocycles. The van der Waals surface area contributed by atoms with Crippen molar-refractivity contribution in [1.29, 1.82) is 0 Å². The van der Waals surface area contributed by atoms with Gasteiger partial charge in [0.25, 0.3) is 5.91 Å². The molecule has 8 heteroatoms. The molecule has 156 valence electrons. The standard InChI is InChI=1S/C21H25FN2O4S/c1-14-7-9-15(10-8-14)24-29(26,27)16-11-12-18(22)17(13-16)21(25)23-19-5-3-4-6-20(19)28-2/h3-6,11-15,24H,7-10H2,1-2H3,(H,23,25). The number of sulfonamides is 1. The molecule has 2 N–H and O–H groups in total. The first kappa shape index (κ1) is 21.3. The van der Waals surface area contributed by atoms with Gasteiger partial charge >= 0.3 is 0 Å². The van der Waals surface area contributed by atoms with Gasteiger partial charge in [-0.15, -0.1) is 0 Å². The Morgan fingerprint density at radius 3 is 2.48 bits per heavy atom. The first-order chi connectivity index (χ1) is 13.8. The number of nitrogens with one attached hydrogen (secondary N) is 2. The second-order valence-corrected chi connectivity index (χ2v) is 9.09. The van der Waals surface area contributed by atoms with Crippen molar-refractivity contribution in [2.45, 2.75) is 43.5 Å². The van der Waals surface area contributed by atoms with E-state index in [1.54, 1.807) is 24.3 Å². The maximum absolute atomic E-state index is 14.3. The lowest BCUT2D eigenvalue weighted by Crippen LogP contribution is -2.37. The third-order valence-electron chi connectivity index (χ3n) is 5.19. The van der Waals surface area contributed by atoms with E-state index in [0.717, 1.165) is 37.8 Å². The van der Waals surface area contributed by atoms with Crippen molar-refractivity contribution in [3.8, 4) is 5.75 Å². The van der Waals surface area contributed by atoms with Crippen LogP contribution in [0.5, 0.6) is 5.75 Å². The molecular formula is C21H25FN2O4S. The van der Waals surface area contributed by atoms with Crippen molar-refractivity contribution in [3.05, 3.63) is 53.8 Å². The molecule has 2 aromatic carbocycles. The summed E-state index contributed by atoms with van der Waals surface area (Å²) in [5.74, 6) is -0.552. The molecule has 0 atom stereocenters. The van der Waals surface area contributed by atoms with E-state index in [4.69, 9.17) is 4.74 Å². The van der Waals surface area contributed by atoms with Gasteiger partial charge in [-0.25, -0.2) is 17.5 Å². The van der Waals surface area contributed by atoms with Gasteiger partial charge in [0.1, 0.15) is 11.6 Å². The largest absolute Gasteiger partial charge is 0.495 e. The summed E-state index contributed by atoms with van der Waals surface area (Å²) in [5, 5.41) is 2.56. The van der Waals surface area contributed by atoms with E-state index in [9.17, 15) is 17.6 Å². The van der Waals surface area contributed by atoms with Gasteiger partial charge in [-0.2, -0.15) is 0 Å². The molecule has 1 aliphatic rings. The molecule has 0 aliphatic heterocycles. The number of hydrogen-bond donors (Lipinski definition) is 2. The predicted octanol–water partition coefficient (Wildman–Crippen LogP) is 3.94. The number of methoxy groups -OCH3 is 1. The Bertz CT molecular complexity index is 986. The molecule has 0 spiro atoms. The minimum atomic E-state index is -3.86. The number of anilines is 1. The summed E-state index contributed by atoms with van der Waals surface area (Å²) < 4.78 is 47.6. The summed E-state index contributed by atoms with van der Waals surface area (Å²) >= 11 is 0. The molecule has 6 nitrogen and oxygen atoms in total. The molecule has 1 fully saturated rings. The van der Waals surface area contributed by atoms with E-state index < -0.39 is 21.7 Å². The molecule has 3 rings (SSSR count). The predicted molar refractivity (Wildman–Crippen MR) is 109 cm³/mol. The van der Waals surface area contributed by atoms with E-state index >= 15 is 0 Å². The first-order valence-corrected chi connectivity index (χ1v) is 11.0. The number of carbonyl (C=O) groups is 1. The monoisotopic (exact) mass is 420 g/mol. The van der Waals surface area contributed by atoms with Gasteiger partial charge in [-0.3, -0.25) is 4.79 Å². The average molecular weight is 421 g/mol. The van der Waals surface area contributed by atoms with Crippen molar-refractivity contribution < 1.29 is 22.3 Å². The highest BCUT2D eigenvalue weighted by Gasteiger charge is 2.25. The highest BCUT2D eigenvalue weighted by molar-refractivity contribution is 7.89. The molecule has 0 radical (unpaired) electrons. The molecule has 0 heterocycles. The summed E-state index contributed by atoms with van der Waals surface area (Å²) in [6, 6.07) is 9.78. The van der Waals surface area contributed by atoms with Crippen LogP contribution < -0.4 is 14.8 Å². The summed E-state index contributed by atoms with van der Waals surface area (Å²) in [6.07, 6.45) is 3.46. The minimum Gasteiger partial charge on any atom is -0.495 e. The lowest BCUT2D eigenvalue weighted by Gasteiger charge is -2.26. The third-order valence-corrected chi connectivity index (χ3v) is 6.70. The highest BCUT2D eigenvalue weighted by Crippen LogP contribution is 2.26. The number of benzene rings is 2. The van der Waals surface area contributed by atoms with Gasteiger partial charge in [0.05, 0.1) is 23.3 Å². The van der Waals surface area contributed by atoms with Crippen LogP contribution in [0.25, 0.3) is 0 Å². The Kier molecular flexibility index (Phi) is 6.54. The number of hydrogen-bond acceptors (Lipinski definition) is 4. The summed E-state index contributed by atoms with van der Waals surface area (Å²) in [7, 11) is -2.40. The minimum absolute atomic E-state index is 0.136. The van der Waals surface area contributed by atoms with Gasteiger partial charge in [0, 0.05) is 6.04 Å². The molecule has 2 aromatic rings. The normalized spacial score (nSPS) is 19.6. The van der Waals surface area contributed by atoms with Crippen LogP contribution in [0.3, 0.4) is 0 Å². The average Bonchev–Trinajstić information content (AvgIpc) is 2.70. The lowest BCUT2D eigenvalue weighted by atomic mass is 9.88. The first-order valence-electron chi connectivity index (χ1n) is 9.56. The number of carbonyl (C=O) groups excluding carboxylic acids is 1. The van der Waals surface area contributed by atoms with Crippen molar-refractivity contribution in [3.63, 3.8) is 0 Å². The molecule has 0 unspecified atom stereocenters. The quantitative estimate of drug-likeness (QED) is 0.741. The van der Waals surface area contributed by atoms with E-state index in [-0.39, 0.29) is 16.5 Å². The molecular weight excluding hydrogens is 395 g/mol. The van der Waals surface area contributed by atoms with Crippen LogP contribution in [-0.4, -0.2) is 27.5 Å². The summed E-state index contributed by atoms with van der Waals surface area (Å²) in [6.45, 7) is 2.15. The third kappa shape index (κ3) is 5.13. The van der Waals surface area contributed by atoms with Gasteiger partial charge in [-0.05, 0) is 61.9 Å². The fourth-order valence-corrected chi connectivity index (χ4v) is 4.78. The molecule has 0 saturated heterocycles. The van der Waals surface area contributed by atoms with E-state index in [2.05, 4.69) is 17.0 Å². The topological polar surface area (TPSA) is 84.5 Å². The molecule has 0 bridgehead atoms. The number of rotatable bonds is 6. The van der Waals surface area contributed by atoms with Crippen LogP contribution >= 0.6 is 0 Å². The van der Waals surface area contributed by atoms with Crippen molar-refractivity contribution >= 4 is 21.6 Å². The summed E-state index contributed by atoms with van der Waals surface area (Å²) in [5.41, 5.74) is 0.0122. The Morgan fingerprint density at radius 1 is 1.10 bits per heavy atom. The zero-order valence-corrected chi connectivity index (χ0v) is 17.3. The van der Waals surface area contributed by atoms with E-state index in [0.29, 0.717) is 17.4 Å². The molecule has 1 aliphatic carbocycles. The summed E-state index contributed by atoms with van der Waals surface area (Å²) in [4.78, 5) is 12.5. The number of ether oxygens (including phenoxy) is 1. The molecule has 29 heavy (non-hydrogen) atoms. The zero-order valence-electron chi connectivity index (χ0n) is 16.4. The number of amides is 1. The fraction of sp³-hybridized carbons (Fsp3) is 0.381. The maximum atomic E-state index is 14.3. The maximum Gasteiger partial charge on any atom is 0.258 e. The van der Waals surface area contributed by atoms with Gasteiger partial charge in [0.2, 0.25) is 10.0 Å². The fourth-order valence-electron chi connectivity index (χ4n) is 3.45. The SMILES string of the molecule is COc1ccccc1NC(=O)c1cc(S(=O)(=O)NC2CCC(C)CC2)ccc1F. The molecule has 1 amide bonds. The van der Waals surface area contributed by atoms with Crippen molar-refractivity contribution in [1.82, 2.24) is 4.72 Å². The Hall–Kier alpha value is -2.45. The second-order valence-electron chi connectivity index (χ2n) is 7.37. The van der Waals surface area contributed by atoms with Crippen LogP contribution in [0.2, 0.25) is 0 Å². The van der Waals surface area contributed by atoms with Crippen LogP contribution in [0.15, 0.2) is 47.4 Å². The van der Waals surface area contributed by atoms with Gasteiger partial charge < -0.3 is 10.1 Å².